The highest BCUT2D eigenvalue weighted by Gasteiger charge is 2.21. The number of carbonyl (C=O) groups excluding carboxylic acids is 1. The molecular formula is C17H12FNO2S2. The Morgan fingerprint density at radius 2 is 2.04 bits per heavy atom. The van der Waals surface area contributed by atoms with Gasteiger partial charge in [0.25, 0.3) is 5.91 Å². The molecule has 1 fully saturated rings. The van der Waals surface area contributed by atoms with Gasteiger partial charge >= 0.3 is 0 Å². The van der Waals surface area contributed by atoms with Gasteiger partial charge < -0.3 is 10.1 Å². The first-order valence-corrected chi connectivity index (χ1v) is 8.05. The average molecular weight is 345 g/mol. The van der Waals surface area contributed by atoms with Crippen molar-refractivity contribution in [1.82, 2.24) is 5.32 Å². The van der Waals surface area contributed by atoms with Crippen LogP contribution in [0.25, 0.3) is 6.08 Å². The summed E-state index contributed by atoms with van der Waals surface area (Å²) in [6, 6.07) is 13.7. The van der Waals surface area contributed by atoms with Gasteiger partial charge in [0.05, 0.1) is 4.91 Å². The Labute approximate surface area is 142 Å². The van der Waals surface area contributed by atoms with Gasteiger partial charge in [0.1, 0.15) is 22.5 Å². The molecule has 0 saturated carbocycles. The fourth-order valence-corrected chi connectivity index (χ4v) is 3.09. The Hall–Kier alpha value is -2.18. The van der Waals surface area contributed by atoms with Crippen LogP contribution in [0.1, 0.15) is 11.1 Å². The van der Waals surface area contributed by atoms with E-state index in [1.54, 1.807) is 36.4 Å². The standard InChI is InChI=1S/C17H12FNO2S2/c18-14-7-2-1-5-12(14)10-21-13-6-3-4-11(8-13)9-15-16(20)19-17(22)23-15/h1-9H,10H2,(H,19,20,22)/b15-9+. The van der Waals surface area contributed by atoms with Crippen LogP contribution in [0.4, 0.5) is 4.39 Å². The highest BCUT2D eigenvalue weighted by atomic mass is 32.2. The van der Waals surface area contributed by atoms with Crippen molar-refractivity contribution < 1.29 is 13.9 Å². The summed E-state index contributed by atoms with van der Waals surface area (Å²) < 4.78 is 19.6. The van der Waals surface area contributed by atoms with Crippen LogP contribution in [0.3, 0.4) is 0 Å². The lowest BCUT2D eigenvalue weighted by Gasteiger charge is -2.08. The first-order chi connectivity index (χ1) is 11.1. The molecule has 1 aliphatic heterocycles. The Morgan fingerprint density at radius 1 is 1.22 bits per heavy atom. The summed E-state index contributed by atoms with van der Waals surface area (Å²) in [7, 11) is 0. The number of ether oxygens (including phenoxy) is 1. The molecule has 6 heteroatoms. The van der Waals surface area contributed by atoms with Crippen molar-refractivity contribution in [1.29, 1.82) is 0 Å². The summed E-state index contributed by atoms with van der Waals surface area (Å²) in [5.41, 5.74) is 1.31. The maximum atomic E-state index is 13.6. The molecule has 116 valence electrons. The molecule has 1 amide bonds. The maximum absolute atomic E-state index is 13.6. The van der Waals surface area contributed by atoms with Crippen LogP contribution in [0.15, 0.2) is 53.4 Å². The molecule has 2 aromatic carbocycles. The predicted octanol–water partition coefficient (Wildman–Crippen LogP) is 3.89. The van der Waals surface area contributed by atoms with Crippen molar-refractivity contribution >= 4 is 40.3 Å². The van der Waals surface area contributed by atoms with Crippen LogP contribution < -0.4 is 10.1 Å². The first-order valence-electron chi connectivity index (χ1n) is 6.83. The Morgan fingerprint density at radius 3 is 2.78 bits per heavy atom. The lowest BCUT2D eigenvalue weighted by molar-refractivity contribution is -0.115. The fourth-order valence-electron chi connectivity index (χ4n) is 2.04. The molecular weight excluding hydrogens is 333 g/mol. The molecule has 1 aliphatic rings. The van der Waals surface area contributed by atoms with Crippen molar-refractivity contribution in [2.45, 2.75) is 6.61 Å². The third-order valence-corrected chi connectivity index (χ3v) is 4.31. The summed E-state index contributed by atoms with van der Waals surface area (Å²) in [4.78, 5) is 12.2. The third kappa shape index (κ3) is 3.97. The number of rotatable bonds is 4. The van der Waals surface area contributed by atoms with Gasteiger partial charge in [-0.05, 0) is 29.8 Å². The molecule has 1 heterocycles. The zero-order valence-electron chi connectivity index (χ0n) is 11.9. The number of nitrogens with one attached hydrogen (secondary N) is 1. The van der Waals surface area contributed by atoms with Crippen molar-refractivity contribution in [2.75, 3.05) is 0 Å². The zero-order valence-corrected chi connectivity index (χ0v) is 13.5. The average Bonchev–Trinajstić information content (AvgIpc) is 2.84. The lowest BCUT2D eigenvalue weighted by atomic mass is 10.2. The van der Waals surface area contributed by atoms with Crippen LogP contribution in [0.2, 0.25) is 0 Å². The van der Waals surface area contributed by atoms with Crippen LogP contribution in [0.5, 0.6) is 5.75 Å². The van der Waals surface area contributed by atoms with Gasteiger partial charge in [-0.2, -0.15) is 0 Å². The van der Waals surface area contributed by atoms with Gasteiger partial charge in [0, 0.05) is 5.56 Å². The molecule has 0 atom stereocenters. The number of halogens is 1. The highest BCUT2D eigenvalue weighted by molar-refractivity contribution is 8.26. The molecule has 3 nitrogen and oxygen atoms in total. The normalized spacial score (nSPS) is 15.8. The monoisotopic (exact) mass is 345 g/mol. The van der Waals surface area contributed by atoms with Crippen molar-refractivity contribution in [3.05, 3.63) is 70.4 Å². The SMILES string of the molecule is O=C1NC(=S)S/C1=C/c1cccc(OCc2ccccc2F)c1. The molecule has 0 radical (unpaired) electrons. The smallest absolute Gasteiger partial charge is 0.263 e. The number of hydrogen-bond acceptors (Lipinski definition) is 4. The molecule has 0 unspecified atom stereocenters. The van der Waals surface area contributed by atoms with Gasteiger partial charge in [-0.25, -0.2) is 4.39 Å². The fraction of sp³-hybridized carbons (Fsp3) is 0.0588. The van der Waals surface area contributed by atoms with Crippen LogP contribution in [0, 0.1) is 5.82 Å². The number of benzene rings is 2. The molecule has 0 aliphatic carbocycles. The third-order valence-electron chi connectivity index (χ3n) is 3.15. The summed E-state index contributed by atoms with van der Waals surface area (Å²) in [5.74, 6) is 0.115. The summed E-state index contributed by atoms with van der Waals surface area (Å²) in [6.07, 6.45) is 1.75. The van der Waals surface area contributed by atoms with E-state index in [9.17, 15) is 9.18 Å². The van der Waals surface area contributed by atoms with Crippen molar-refractivity contribution in [2.24, 2.45) is 0 Å². The van der Waals surface area contributed by atoms with Crippen molar-refractivity contribution in [3.8, 4) is 5.75 Å². The Kier molecular flexibility index (Phi) is 4.73. The molecule has 0 spiro atoms. The second kappa shape index (κ2) is 6.93. The van der Waals surface area contributed by atoms with E-state index in [0.717, 1.165) is 5.56 Å². The molecule has 2 aromatic rings. The first kappa shape index (κ1) is 15.7. The molecule has 3 rings (SSSR count). The van der Waals surface area contributed by atoms with Gasteiger partial charge in [0.15, 0.2) is 0 Å². The Bertz CT molecular complexity index is 805. The van der Waals surface area contributed by atoms with Crippen LogP contribution in [-0.2, 0) is 11.4 Å². The number of thiocarbonyl (C=S) groups is 1. The minimum Gasteiger partial charge on any atom is -0.489 e. The largest absolute Gasteiger partial charge is 0.489 e. The number of thioether (sulfide) groups is 1. The lowest BCUT2D eigenvalue weighted by Crippen LogP contribution is -2.17. The van der Waals surface area contributed by atoms with E-state index in [1.165, 1.54) is 17.8 Å². The summed E-state index contributed by atoms with van der Waals surface area (Å²) >= 11 is 6.18. The maximum Gasteiger partial charge on any atom is 0.263 e. The number of amides is 1. The molecule has 0 aromatic heterocycles. The second-order valence-electron chi connectivity index (χ2n) is 4.80. The van der Waals surface area contributed by atoms with Gasteiger partial charge in [-0.15, -0.1) is 0 Å². The van der Waals surface area contributed by atoms with Crippen LogP contribution >= 0.6 is 24.0 Å². The highest BCUT2D eigenvalue weighted by Crippen LogP contribution is 2.27. The molecule has 1 N–H and O–H groups in total. The van der Waals surface area contributed by atoms with Gasteiger partial charge in [-0.3, -0.25) is 4.79 Å². The van der Waals surface area contributed by atoms with Crippen LogP contribution in [-0.4, -0.2) is 10.2 Å². The molecule has 0 bridgehead atoms. The van der Waals surface area contributed by atoms with E-state index in [0.29, 0.717) is 20.5 Å². The minimum absolute atomic E-state index is 0.145. The minimum atomic E-state index is -0.293. The topological polar surface area (TPSA) is 38.3 Å². The van der Waals surface area contributed by atoms with E-state index in [1.807, 2.05) is 12.1 Å². The van der Waals surface area contributed by atoms with E-state index in [2.05, 4.69) is 5.32 Å². The predicted molar refractivity (Wildman–Crippen MR) is 93.5 cm³/mol. The van der Waals surface area contributed by atoms with Crippen molar-refractivity contribution in [3.63, 3.8) is 0 Å². The van der Waals surface area contributed by atoms with E-state index < -0.39 is 0 Å². The van der Waals surface area contributed by atoms with E-state index in [-0.39, 0.29) is 18.3 Å². The zero-order chi connectivity index (χ0) is 16.2. The molecule has 23 heavy (non-hydrogen) atoms. The van der Waals surface area contributed by atoms with E-state index >= 15 is 0 Å². The summed E-state index contributed by atoms with van der Waals surface area (Å²) in [5, 5.41) is 2.57. The number of hydrogen-bond donors (Lipinski definition) is 1. The van der Waals surface area contributed by atoms with E-state index in [4.69, 9.17) is 17.0 Å². The summed E-state index contributed by atoms with van der Waals surface area (Å²) in [6.45, 7) is 0.145. The quantitative estimate of drug-likeness (QED) is 0.674. The van der Waals surface area contributed by atoms with Gasteiger partial charge in [-0.1, -0.05) is 54.3 Å². The van der Waals surface area contributed by atoms with Gasteiger partial charge in [0.2, 0.25) is 0 Å². The number of carbonyl (C=O) groups is 1. The second-order valence-corrected chi connectivity index (χ2v) is 6.52. The Balaban J connectivity index is 1.73. The molecule has 1 saturated heterocycles.